The van der Waals surface area contributed by atoms with Gasteiger partial charge in [-0.2, -0.15) is 0 Å². The van der Waals surface area contributed by atoms with Gasteiger partial charge in [0.1, 0.15) is 5.65 Å². The monoisotopic (exact) mass is 336 g/mol. The van der Waals surface area contributed by atoms with Crippen LogP contribution in [-0.4, -0.2) is 27.1 Å². The second-order valence-electron chi connectivity index (χ2n) is 5.76. The molecule has 0 aliphatic carbocycles. The van der Waals surface area contributed by atoms with E-state index in [1.54, 1.807) is 17.4 Å². The zero-order valence-electron chi connectivity index (χ0n) is 14.3. The number of nitrogens with zero attached hydrogens (tertiary/aromatic N) is 2. The van der Waals surface area contributed by atoms with Crippen molar-refractivity contribution in [3.05, 3.63) is 66.0 Å². The van der Waals surface area contributed by atoms with Crippen LogP contribution in [0.4, 0.5) is 0 Å². The number of aromatic nitrogens is 2. The fraction of sp³-hybridized carbons (Fsp3) is 0.200. The predicted octanol–water partition coefficient (Wildman–Crippen LogP) is 3.55. The molecular formula is C20H20N2O3. The number of hydrogen-bond donors (Lipinski definition) is 1. The van der Waals surface area contributed by atoms with Gasteiger partial charge in [0, 0.05) is 11.8 Å². The molecular weight excluding hydrogens is 316 g/mol. The van der Waals surface area contributed by atoms with E-state index in [2.05, 4.69) is 11.6 Å². The van der Waals surface area contributed by atoms with Crippen molar-refractivity contribution in [3.63, 3.8) is 0 Å². The Morgan fingerprint density at radius 1 is 1.32 bits per heavy atom. The highest BCUT2D eigenvalue weighted by molar-refractivity contribution is 5.80. The predicted molar refractivity (Wildman–Crippen MR) is 97.0 cm³/mol. The minimum absolute atomic E-state index is 0.203. The third-order valence-corrected chi connectivity index (χ3v) is 3.99. The smallest absolute Gasteiger partial charge is 0.341 e. The molecule has 0 amide bonds. The maximum Gasteiger partial charge on any atom is 0.341 e. The molecule has 0 bridgehead atoms. The van der Waals surface area contributed by atoms with Crippen molar-refractivity contribution in [3.8, 4) is 11.3 Å². The van der Waals surface area contributed by atoms with Gasteiger partial charge in [0.25, 0.3) is 0 Å². The molecule has 0 aliphatic rings. The molecule has 5 nitrogen and oxygen atoms in total. The number of aliphatic hydroxyl groups excluding tert-OH is 1. The maximum absolute atomic E-state index is 12.1. The van der Waals surface area contributed by atoms with Gasteiger partial charge in [-0.1, -0.05) is 43.0 Å². The second kappa shape index (κ2) is 6.91. The zero-order valence-corrected chi connectivity index (χ0v) is 14.3. The summed E-state index contributed by atoms with van der Waals surface area (Å²) in [7, 11) is 0. The van der Waals surface area contributed by atoms with Gasteiger partial charge in [0.05, 0.1) is 18.0 Å². The Labute approximate surface area is 146 Å². The quantitative estimate of drug-likeness (QED) is 0.724. The lowest BCUT2D eigenvalue weighted by Crippen LogP contribution is -2.17. The molecule has 25 heavy (non-hydrogen) atoms. The molecule has 3 aromatic rings. The van der Waals surface area contributed by atoms with Crippen molar-refractivity contribution >= 4 is 17.7 Å². The van der Waals surface area contributed by atoms with E-state index >= 15 is 0 Å². The first-order valence-corrected chi connectivity index (χ1v) is 8.11. The Balaban J connectivity index is 2.20. The molecule has 1 N–H and O–H groups in total. The lowest BCUT2D eigenvalue weighted by Gasteiger charge is -2.12. The van der Waals surface area contributed by atoms with E-state index in [1.165, 1.54) is 0 Å². The van der Waals surface area contributed by atoms with Gasteiger partial charge in [0.2, 0.25) is 0 Å². The Morgan fingerprint density at radius 2 is 2.04 bits per heavy atom. The highest BCUT2D eigenvalue weighted by Crippen LogP contribution is 2.30. The first-order valence-electron chi connectivity index (χ1n) is 8.11. The van der Waals surface area contributed by atoms with Crippen LogP contribution < -0.4 is 0 Å². The molecule has 2 heterocycles. The van der Waals surface area contributed by atoms with Crippen LogP contribution in [0.1, 0.15) is 29.8 Å². The summed E-state index contributed by atoms with van der Waals surface area (Å²) in [6, 6.07) is 11.4. The molecule has 128 valence electrons. The van der Waals surface area contributed by atoms with Gasteiger partial charge < -0.3 is 9.84 Å². The summed E-state index contributed by atoms with van der Waals surface area (Å²) in [4.78, 5) is 16.7. The lowest BCUT2D eigenvalue weighted by atomic mass is 10.1. The molecule has 1 unspecified atom stereocenters. The Kier molecular flexibility index (Phi) is 4.67. The Morgan fingerprint density at radius 3 is 2.68 bits per heavy atom. The van der Waals surface area contributed by atoms with Crippen LogP contribution in [0.15, 0.2) is 49.2 Å². The van der Waals surface area contributed by atoms with Crippen LogP contribution in [0.5, 0.6) is 0 Å². The number of carbonyl (C=O) groups excluding carboxylic acids is 1. The van der Waals surface area contributed by atoms with Crippen LogP contribution in [0.3, 0.4) is 0 Å². The largest absolute Gasteiger partial charge is 0.464 e. The number of esters is 1. The molecule has 5 heteroatoms. The van der Waals surface area contributed by atoms with Crippen molar-refractivity contribution in [2.75, 3.05) is 6.61 Å². The van der Waals surface area contributed by atoms with Crippen molar-refractivity contribution in [1.82, 2.24) is 9.38 Å². The average molecular weight is 336 g/mol. The van der Waals surface area contributed by atoms with Crippen LogP contribution in [0, 0.1) is 6.92 Å². The minimum atomic E-state index is -1.41. The standard InChI is InChI=1S/C20H20N2O3/c1-4-14-7-9-15(10-8-14)17-18(19(23)20(24)25-5-2)22-12-13(3)6-11-16(22)21-17/h4,6-12,19,23H,1,5H2,2-3H3. The van der Waals surface area contributed by atoms with Crippen molar-refractivity contribution in [1.29, 1.82) is 0 Å². The number of rotatable bonds is 5. The zero-order chi connectivity index (χ0) is 18.0. The molecule has 0 saturated heterocycles. The van der Waals surface area contributed by atoms with Crippen molar-refractivity contribution in [2.24, 2.45) is 0 Å². The SMILES string of the molecule is C=Cc1ccc(-c2nc3ccc(C)cn3c2C(O)C(=O)OCC)cc1. The number of aryl methyl sites for hydroxylation is 1. The Hall–Kier alpha value is -2.92. The molecule has 0 spiro atoms. The number of aliphatic hydroxyl groups is 1. The van der Waals surface area contributed by atoms with E-state index < -0.39 is 12.1 Å². The average Bonchev–Trinajstić information content (AvgIpc) is 2.99. The molecule has 3 rings (SSSR count). The van der Waals surface area contributed by atoms with E-state index in [9.17, 15) is 9.90 Å². The van der Waals surface area contributed by atoms with Gasteiger partial charge in [0.15, 0.2) is 6.10 Å². The van der Waals surface area contributed by atoms with E-state index in [1.807, 2.05) is 49.5 Å². The number of ether oxygens (including phenoxy) is 1. The molecule has 0 aliphatic heterocycles. The summed E-state index contributed by atoms with van der Waals surface area (Å²) in [5.41, 5.74) is 4.41. The van der Waals surface area contributed by atoms with Gasteiger partial charge >= 0.3 is 5.97 Å². The van der Waals surface area contributed by atoms with E-state index in [-0.39, 0.29) is 6.61 Å². The van der Waals surface area contributed by atoms with Crippen LogP contribution in [0.25, 0.3) is 23.0 Å². The van der Waals surface area contributed by atoms with Gasteiger partial charge in [-0.3, -0.25) is 4.40 Å². The van der Waals surface area contributed by atoms with E-state index in [0.717, 1.165) is 16.7 Å². The van der Waals surface area contributed by atoms with Crippen LogP contribution in [0.2, 0.25) is 0 Å². The molecule has 0 radical (unpaired) electrons. The summed E-state index contributed by atoms with van der Waals surface area (Å²) >= 11 is 0. The maximum atomic E-state index is 12.1. The molecule has 0 saturated carbocycles. The highest BCUT2D eigenvalue weighted by Gasteiger charge is 2.27. The normalized spacial score (nSPS) is 12.1. The number of hydrogen-bond acceptors (Lipinski definition) is 4. The van der Waals surface area contributed by atoms with Crippen LogP contribution >= 0.6 is 0 Å². The first kappa shape index (κ1) is 16.9. The summed E-state index contributed by atoms with van der Waals surface area (Å²) in [6.07, 6.45) is 2.19. The third kappa shape index (κ3) is 3.19. The van der Waals surface area contributed by atoms with Crippen LogP contribution in [-0.2, 0) is 9.53 Å². The van der Waals surface area contributed by atoms with Crippen molar-refractivity contribution < 1.29 is 14.6 Å². The number of imidazole rings is 1. The summed E-state index contributed by atoms with van der Waals surface area (Å²) in [5, 5.41) is 10.6. The van der Waals surface area contributed by atoms with Gasteiger partial charge in [-0.05, 0) is 31.0 Å². The fourth-order valence-electron chi connectivity index (χ4n) is 2.75. The number of fused-ring (bicyclic) bond motifs is 1. The fourth-order valence-corrected chi connectivity index (χ4v) is 2.75. The van der Waals surface area contributed by atoms with Gasteiger partial charge in [-0.25, -0.2) is 9.78 Å². The highest BCUT2D eigenvalue weighted by atomic mass is 16.5. The molecule has 2 aromatic heterocycles. The third-order valence-electron chi connectivity index (χ3n) is 3.99. The minimum Gasteiger partial charge on any atom is -0.464 e. The number of carbonyl (C=O) groups is 1. The summed E-state index contributed by atoms with van der Waals surface area (Å²) < 4.78 is 6.73. The lowest BCUT2D eigenvalue weighted by molar-refractivity contribution is -0.153. The molecule has 1 aromatic carbocycles. The topological polar surface area (TPSA) is 63.8 Å². The Bertz CT molecular complexity index is 926. The second-order valence-corrected chi connectivity index (χ2v) is 5.76. The summed E-state index contributed by atoms with van der Waals surface area (Å²) in [5.74, 6) is -0.685. The first-order chi connectivity index (χ1) is 12.0. The molecule has 1 atom stereocenters. The van der Waals surface area contributed by atoms with Crippen molar-refractivity contribution in [2.45, 2.75) is 20.0 Å². The van der Waals surface area contributed by atoms with Gasteiger partial charge in [-0.15, -0.1) is 0 Å². The van der Waals surface area contributed by atoms with E-state index in [4.69, 9.17) is 4.74 Å². The number of benzene rings is 1. The molecule has 0 fully saturated rings. The summed E-state index contributed by atoms with van der Waals surface area (Å²) in [6.45, 7) is 7.60. The van der Waals surface area contributed by atoms with E-state index in [0.29, 0.717) is 17.0 Å². The number of pyridine rings is 1.